The molecule has 1 aliphatic heterocycles. The van der Waals surface area contributed by atoms with Crippen molar-refractivity contribution in [1.29, 1.82) is 0 Å². The van der Waals surface area contributed by atoms with Crippen LogP contribution in [0.5, 0.6) is 11.5 Å². The van der Waals surface area contributed by atoms with Gasteiger partial charge in [-0.3, -0.25) is 4.99 Å². The third kappa shape index (κ3) is 5.04. The summed E-state index contributed by atoms with van der Waals surface area (Å²) in [5.41, 5.74) is 1.08. The van der Waals surface area contributed by atoms with E-state index in [0.717, 1.165) is 61.9 Å². The predicted molar refractivity (Wildman–Crippen MR) is 103 cm³/mol. The molecular formula is C20H31N3O3. The van der Waals surface area contributed by atoms with Gasteiger partial charge >= 0.3 is 0 Å². The number of para-hydroxylation sites is 1. The van der Waals surface area contributed by atoms with Crippen molar-refractivity contribution in [2.75, 3.05) is 27.3 Å². The lowest BCUT2D eigenvalue weighted by Gasteiger charge is -2.20. The topological polar surface area (TPSA) is 64.1 Å². The molecule has 1 unspecified atom stereocenters. The molecule has 1 saturated carbocycles. The summed E-state index contributed by atoms with van der Waals surface area (Å²) in [5, 5.41) is 6.72. The van der Waals surface area contributed by atoms with Crippen LogP contribution in [-0.2, 0) is 11.3 Å². The van der Waals surface area contributed by atoms with Crippen LogP contribution < -0.4 is 20.1 Å². The van der Waals surface area contributed by atoms with Gasteiger partial charge in [-0.1, -0.05) is 12.1 Å². The third-order valence-electron chi connectivity index (χ3n) is 5.06. The van der Waals surface area contributed by atoms with Gasteiger partial charge in [0.15, 0.2) is 17.5 Å². The molecule has 0 aromatic heterocycles. The van der Waals surface area contributed by atoms with E-state index >= 15 is 0 Å². The number of ether oxygens (including phenoxy) is 3. The lowest BCUT2D eigenvalue weighted by atomic mass is 10.1. The van der Waals surface area contributed by atoms with Crippen LogP contribution in [0.25, 0.3) is 0 Å². The fraction of sp³-hybridized carbons (Fsp3) is 0.650. The van der Waals surface area contributed by atoms with Gasteiger partial charge in [0, 0.05) is 32.3 Å². The first kappa shape index (κ1) is 18.8. The molecule has 1 aromatic rings. The van der Waals surface area contributed by atoms with Crippen LogP contribution in [0.1, 0.15) is 44.1 Å². The van der Waals surface area contributed by atoms with E-state index in [1.165, 1.54) is 12.8 Å². The summed E-state index contributed by atoms with van der Waals surface area (Å²) in [4.78, 5) is 4.31. The number of guanidine groups is 1. The Balaban J connectivity index is 1.60. The molecule has 3 rings (SSSR count). The Morgan fingerprint density at radius 1 is 1.19 bits per heavy atom. The van der Waals surface area contributed by atoms with Gasteiger partial charge in [0.05, 0.1) is 19.3 Å². The molecule has 0 spiro atoms. The van der Waals surface area contributed by atoms with E-state index in [0.29, 0.717) is 12.6 Å². The SMILES string of the molecule is CN=C(NCc1cccc(OC)c1OC1CCCC1)NCC1CCCO1. The minimum Gasteiger partial charge on any atom is -0.493 e. The maximum atomic E-state index is 6.29. The molecule has 6 heteroatoms. The van der Waals surface area contributed by atoms with Crippen molar-refractivity contribution < 1.29 is 14.2 Å². The van der Waals surface area contributed by atoms with Crippen LogP contribution in [0.4, 0.5) is 0 Å². The lowest BCUT2D eigenvalue weighted by molar-refractivity contribution is 0.114. The van der Waals surface area contributed by atoms with E-state index < -0.39 is 0 Å². The Hall–Kier alpha value is -1.95. The fourth-order valence-electron chi connectivity index (χ4n) is 3.58. The van der Waals surface area contributed by atoms with Gasteiger partial charge < -0.3 is 24.8 Å². The van der Waals surface area contributed by atoms with Gasteiger partial charge in [0.25, 0.3) is 0 Å². The van der Waals surface area contributed by atoms with Crippen LogP contribution in [0, 0.1) is 0 Å². The highest BCUT2D eigenvalue weighted by Crippen LogP contribution is 2.34. The van der Waals surface area contributed by atoms with E-state index in [-0.39, 0.29) is 6.10 Å². The van der Waals surface area contributed by atoms with Crippen LogP contribution in [0.2, 0.25) is 0 Å². The quantitative estimate of drug-likeness (QED) is 0.578. The molecule has 26 heavy (non-hydrogen) atoms. The molecule has 1 aromatic carbocycles. The van der Waals surface area contributed by atoms with Crippen LogP contribution >= 0.6 is 0 Å². The highest BCUT2D eigenvalue weighted by Gasteiger charge is 2.21. The first-order valence-electron chi connectivity index (χ1n) is 9.69. The zero-order valence-corrected chi connectivity index (χ0v) is 15.9. The summed E-state index contributed by atoms with van der Waals surface area (Å²) < 4.78 is 17.5. The average molecular weight is 361 g/mol. The summed E-state index contributed by atoms with van der Waals surface area (Å²) in [6.07, 6.45) is 7.56. The van der Waals surface area contributed by atoms with E-state index in [9.17, 15) is 0 Å². The number of nitrogens with zero attached hydrogens (tertiary/aromatic N) is 1. The molecule has 1 atom stereocenters. The summed E-state index contributed by atoms with van der Waals surface area (Å²) in [6.45, 7) is 2.28. The first-order chi connectivity index (χ1) is 12.8. The van der Waals surface area contributed by atoms with Crippen molar-refractivity contribution >= 4 is 5.96 Å². The largest absolute Gasteiger partial charge is 0.493 e. The zero-order chi connectivity index (χ0) is 18.2. The molecule has 1 heterocycles. The van der Waals surface area contributed by atoms with Gasteiger partial charge in [0.2, 0.25) is 0 Å². The summed E-state index contributed by atoms with van der Waals surface area (Å²) in [7, 11) is 3.47. The van der Waals surface area contributed by atoms with E-state index in [1.54, 1.807) is 14.2 Å². The molecule has 144 valence electrons. The first-order valence-corrected chi connectivity index (χ1v) is 9.69. The highest BCUT2D eigenvalue weighted by atomic mass is 16.5. The second-order valence-electron chi connectivity index (χ2n) is 6.91. The molecule has 0 amide bonds. The molecular weight excluding hydrogens is 330 g/mol. The number of rotatable bonds is 7. The molecule has 2 aliphatic rings. The summed E-state index contributed by atoms with van der Waals surface area (Å²) >= 11 is 0. The maximum Gasteiger partial charge on any atom is 0.191 e. The van der Waals surface area contributed by atoms with Crippen molar-refractivity contribution in [3.05, 3.63) is 23.8 Å². The van der Waals surface area contributed by atoms with Gasteiger partial charge in [-0.25, -0.2) is 0 Å². The maximum absolute atomic E-state index is 6.29. The van der Waals surface area contributed by atoms with E-state index in [1.807, 2.05) is 12.1 Å². The normalized spacial score (nSPS) is 21.0. The minimum absolute atomic E-state index is 0.284. The Bertz CT molecular complexity index is 594. The Morgan fingerprint density at radius 2 is 2.04 bits per heavy atom. The van der Waals surface area contributed by atoms with Gasteiger partial charge in [-0.2, -0.15) is 0 Å². The number of hydrogen-bond donors (Lipinski definition) is 2. The molecule has 0 radical (unpaired) electrons. The lowest BCUT2D eigenvalue weighted by Crippen LogP contribution is -2.40. The van der Waals surface area contributed by atoms with Crippen molar-refractivity contribution in [3.63, 3.8) is 0 Å². The Kier molecular flexibility index (Phi) is 7.00. The van der Waals surface area contributed by atoms with Crippen molar-refractivity contribution in [2.24, 2.45) is 4.99 Å². The second-order valence-corrected chi connectivity index (χ2v) is 6.91. The number of hydrogen-bond acceptors (Lipinski definition) is 4. The van der Waals surface area contributed by atoms with Crippen LogP contribution in [0.15, 0.2) is 23.2 Å². The number of aliphatic imine (C=N–C) groups is 1. The standard InChI is InChI=1S/C20H31N3O3/c1-21-20(23-14-17-10-6-12-25-17)22-13-15-7-5-11-18(24-2)19(15)26-16-8-3-4-9-16/h5,7,11,16-17H,3-4,6,8-10,12-14H2,1-2H3,(H2,21,22,23). The molecule has 2 N–H and O–H groups in total. The van der Waals surface area contributed by atoms with Crippen LogP contribution in [0.3, 0.4) is 0 Å². The zero-order valence-electron chi connectivity index (χ0n) is 15.9. The summed E-state index contributed by atoms with van der Waals surface area (Å²) in [5.74, 6) is 2.41. The summed E-state index contributed by atoms with van der Waals surface area (Å²) in [6, 6.07) is 6.03. The number of methoxy groups -OCH3 is 1. The van der Waals surface area contributed by atoms with E-state index in [2.05, 4.69) is 21.7 Å². The smallest absolute Gasteiger partial charge is 0.191 e. The minimum atomic E-state index is 0.284. The van der Waals surface area contributed by atoms with E-state index in [4.69, 9.17) is 14.2 Å². The Labute approximate surface area is 156 Å². The predicted octanol–water partition coefficient (Wildman–Crippen LogP) is 2.86. The number of benzene rings is 1. The molecule has 1 saturated heterocycles. The average Bonchev–Trinajstić information content (AvgIpc) is 3.36. The third-order valence-corrected chi connectivity index (χ3v) is 5.06. The second kappa shape index (κ2) is 9.67. The molecule has 6 nitrogen and oxygen atoms in total. The molecule has 0 bridgehead atoms. The van der Waals surface area contributed by atoms with Crippen molar-refractivity contribution in [3.8, 4) is 11.5 Å². The van der Waals surface area contributed by atoms with Gasteiger partial charge in [-0.05, 0) is 44.6 Å². The fourth-order valence-corrected chi connectivity index (χ4v) is 3.58. The van der Waals surface area contributed by atoms with Crippen molar-refractivity contribution in [1.82, 2.24) is 10.6 Å². The number of nitrogens with one attached hydrogen (secondary N) is 2. The highest BCUT2D eigenvalue weighted by molar-refractivity contribution is 5.79. The van der Waals surface area contributed by atoms with Gasteiger partial charge in [0.1, 0.15) is 0 Å². The van der Waals surface area contributed by atoms with Gasteiger partial charge in [-0.15, -0.1) is 0 Å². The van der Waals surface area contributed by atoms with Crippen molar-refractivity contribution in [2.45, 2.75) is 57.3 Å². The Morgan fingerprint density at radius 3 is 2.73 bits per heavy atom. The monoisotopic (exact) mass is 361 g/mol. The molecule has 1 aliphatic carbocycles. The molecule has 2 fully saturated rings. The van der Waals surface area contributed by atoms with Crippen LogP contribution in [-0.4, -0.2) is 45.5 Å².